The number of furan rings is 1. The molecule has 6 nitrogen and oxygen atoms in total. The second-order valence-corrected chi connectivity index (χ2v) is 11.3. The van der Waals surface area contributed by atoms with Crippen LogP contribution < -0.4 is 10.1 Å². The van der Waals surface area contributed by atoms with Gasteiger partial charge in [0.15, 0.2) is 5.76 Å². The highest BCUT2D eigenvalue weighted by atomic mass is 16.5. The number of fused-ring (bicyclic) bond motifs is 3. The van der Waals surface area contributed by atoms with Crippen molar-refractivity contribution in [3.05, 3.63) is 29.0 Å². The molecular formula is C28H40N2O4. The zero-order chi connectivity index (χ0) is 23.9. The number of rotatable bonds is 5. The summed E-state index contributed by atoms with van der Waals surface area (Å²) in [4.78, 5) is 15.5. The average molecular weight is 469 g/mol. The first-order valence-corrected chi connectivity index (χ1v) is 13.3. The van der Waals surface area contributed by atoms with Gasteiger partial charge in [-0.15, -0.1) is 0 Å². The topological polar surface area (TPSA) is 74.9 Å². The molecule has 1 saturated heterocycles. The first-order valence-electron chi connectivity index (χ1n) is 13.3. The Hall–Kier alpha value is -2.05. The second kappa shape index (κ2) is 9.54. The van der Waals surface area contributed by atoms with Crippen LogP contribution in [0.1, 0.15) is 93.0 Å². The number of hydrogen-bond donors (Lipinski definition) is 2. The van der Waals surface area contributed by atoms with Crippen LogP contribution in [0.15, 0.2) is 16.5 Å². The summed E-state index contributed by atoms with van der Waals surface area (Å²) in [5.74, 6) is 2.39. The molecule has 1 amide bonds. The number of aryl methyl sites for hydroxylation is 1. The first-order chi connectivity index (χ1) is 16.3. The molecule has 0 radical (unpaired) electrons. The molecule has 2 fully saturated rings. The van der Waals surface area contributed by atoms with E-state index in [1.165, 1.54) is 12.8 Å². The fourth-order valence-electron chi connectivity index (χ4n) is 6.78. The number of carbonyl (C=O) groups excluding carboxylic acids is 1. The Labute approximate surface area is 203 Å². The number of amides is 1. The molecule has 2 aromatic rings. The van der Waals surface area contributed by atoms with Crippen molar-refractivity contribution < 1.29 is 19.1 Å². The molecule has 1 saturated carbocycles. The monoisotopic (exact) mass is 468 g/mol. The number of likely N-dealkylation sites (tertiary alicyclic amines) is 1. The molecule has 2 N–H and O–H groups in total. The lowest BCUT2D eigenvalue weighted by Crippen LogP contribution is -2.42. The summed E-state index contributed by atoms with van der Waals surface area (Å²) in [7, 11) is 0. The zero-order valence-electron chi connectivity index (χ0n) is 21.0. The minimum atomic E-state index is -0.605. The van der Waals surface area contributed by atoms with Gasteiger partial charge >= 0.3 is 0 Å². The minimum Gasteiger partial charge on any atom is -0.487 e. The van der Waals surface area contributed by atoms with Crippen molar-refractivity contribution in [3.63, 3.8) is 0 Å². The Kier molecular flexibility index (Phi) is 6.64. The quantitative estimate of drug-likeness (QED) is 0.578. The molecule has 1 aromatic carbocycles. The fourth-order valence-corrected chi connectivity index (χ4v) is 6.78. The molecule has 5 rings (SSSR count). The van der Waals surface area contributed by atoms with Crippen molar-refractivity contribution in [2.45, 2.75) is 83.8 Å². The lowest BCUT2D eigenvalue weighted by Gasteiger charge is -2.43. The van der Waals surface area contributed by atoms with E-state index in [0.717, 1.165) is 85.8 Å². The van der Waals surface area contributed by atoms with Crippen LogP contribution in [0.25, 0.3) is 11.0 Å². The molecule has 1 aliphatic carbocycles. The molecule has 34 heavy (non-hydrogen) atoms. The molecule has 2 aliphatic heterocycles. The van der Waals surface area contributed by atoms with Gasteiger partial charge in [-0.25, -0.2) is 0 Å². The maximum absolute atomic E-state index is 13.0. The van der Waals surface area contributed by atoms with Gasteiger partial charge in [-0.05, 0) is 76.0 Å². The number of ether oxygens (including phenoxy) is 1. The van der Waals surface area contributed by atoms with E-state index in [9.17, 15) is 9.90 Å². The minimum absolute atomic E-state index is 0.183. The van der Waals surface area contributed by atoms with Crippen LogP contribution >= 0.6 is 0 Å². The van der Waals surface area contributed by atoms with Gasteiger partial charge < -0.3 is 24.5 Å². The third kappa shape index (κ3) is 4.59. The van der Waals surface area contributed by atoms with Crippen molar-refractivity contribution in [1.29, 1.82) is 0 Å². The van der Waals surface area contributed by atoms with Crippen molar-refractivity contribution in [2.24, 2.45) is 11.8 Å². The highest BCUT2D eigenvalue weighted by molar-refractivity contribution is 6.00. The van der Waals surface area contributed by atoms with Gasteiger partial charge in [-0.2, -0.15) is 0 Å². The summed E-state index contributed by atoms with van der Waals surface area (Å²) in [6, 6.07) is 3.78. The third-order valence-corrected chi connectivity index (χ3v) is 8.17. The van der Waals surface area contributed by atoms with Crippen molar-refractivity contribution >= 4 is 16.9 Å². The van der Waals surface area contributed by atoms with Gasteiger partial charge in [0.05, 0.1) is 6.10 Å². The maximum Gasteiger partial charge on any atom is 0.287 e. The van der Waals surface area contributed by atoms with Crippen LogP contribution in [-0.4, -0.2) is 47.7 Å². The summed E-state index contributed by atoms with van der Waals surface area (Å²) in [5, 5.41) is 15.0. The van der Waals surface area contributed by atoms with Gasteiger partial charge in [0.25, 0.3) is 5.91 Å². The average Bonchev–Trinajstić information content (AvgIpc) is 3.13. The molecule has 3 atom stereocenters. The number of carbonyl (C=O) groups is 1. The van der Waals surface area contributed by atoms with E-state index >= 15 is 0 Å². The van der Waals surface area contributed by atoms with E-state index in [4.69, 9.17) is 9.15 Å². The molecule has 3 aliphatic rings. The fraction of sp³-hybridized carbons (Fsp3) is 0.679. The molecule has 6 heteroatoms. The molecule has 3 unspecified atom stereocenters. The molecule has 1 spiro atoms. The second-order valence-electron chi connectivity index (χ2n) is 11.3. The summed E-state index contributed by atoms with van der Waals surface area (Å²) in [5.41, 5.74) is 1.95. The molecule has 0 bridgehead atoms. The van der Waals surface area contributed by atoms with E-state index in [1.54, 1.807) is 0 Å². The Balaban J connectivity index is 1.27. The smallest absolute Gasteiger partial charge is 0.287 e. The van der Waals surface area contributed by atoms with Crippen LogP contribution in [0, 0.1) is 18.8 Å². The Bertz CT molecular complexity index is 1030. The first kappa shape index (κ1) is 23.7. The SMILES string of the molecule is Cc1c(C(=O)NCCCN2CC(C)CC(C)C2)oc2ccc3c(c12)C(O)CC1(CCCCC1)O3. The van der Waals surface area contributed by atoms with Gasteiger partial charge in [-0.3, -0.25) is 4.79 Å². The maximum atomic E-state index is 13.0. The van der Waals surface area contributed by atoms with Crippen molar-refractivity contribution in [2.75, 3.05) is 26.2 Å². The highest BCUT2D eigenvalue weighted by Gasteiger charge is 2.42. The molecule has 186 valence electrons. The number of nitrogens with one attached hydrogen (secondary N) is 1. The summed E-state index contributed by atoms with van der Waals surface area (Å²) < 4.78 is 12.5. The van der Waals surface area contributed by atoms with Crippen LogP contribution in [0.2, 0.25) is 0 Å². The van der Waals surface area contributed by atoms with E-state index < -0.39 is 6.10 Å². The van der Waals surface area contributed by atoms with Crippen LogP contribution in [0.3, 0.4) is 0 Å². The van der Waals surface area contributed by atoms with Crippen molar-refractivity contribution in [1.82, 2.24) is 10.2 Å². The summed E-state index contributed by atoms with van der Waals surface area (Å²) in [6.07, 6.45) is 7.76. The lowest BCUT2D eigenvalue weighted by molar-refractivity contribution is -0.0373. The van der Waals surface area contributed by atoms with E-state index in [1.807, 2.05) is 19.1 Å². The predicted molar refractivity (Wildman–Crippen MR) is 133 cm³/mol. The normalized spacial score (nSPS) is 26.9. The van der Waals surface area contributed by atoms with Crippen LogP contribution in [0.4, 0.5) is 0 Å². The highest BCUT2D eigenvalue weighted by Crippen LogP contribution is 2.49. The summed E-state index contributed by atoms with van der Waals surface area (Å²) in [6.45, 7) is 10.5. The number of aliphatic hydroxyl groups is 1. The molecular weight excluding hydrogens is 428 g/mol. The van der Waals surface area contributed by atoms with Gasteiger partial charge in [0.2, 0.25) is 0 Å². The lowest BCUT2D eigenvalue weighted by atomic mass is 9.77. The number of aliphatic hydroxyl groups excluding tert-OH is 1. The number of nitrogens with zero attached hydrogens (tertiary/aromatic N) is 1. The van der Waals surface area contributed by atoms with Crippen LogP contribution in [0.5, 0.6) is 5.75 Å². The van der Waals surface area contributed by atoms with E-state index in [2.05, 4.69) is 24.1 Å². The van der Waals surface area contributed by atoms with Crippen molar-refractivity contribution in [3.8, 4) is 5.75 Å². The Morgan fingerprint density at radius 3 is 2.65 bits per heavy atom. The Morgan fingerprint density at radius 2 is 1.91 bits per heavy atom. The largest absolute Gasteiger partial charge is 0.487 e. The zero-order valence-corrected chi connectivity index (χ0v) is 21.0. The van der Waals surface area contributed by atoms with E-state index in [-0.39, 0.29) is 11.5 Å². The number of benzene rings is 1. The summed E-state index contributed by atoms with van der Waals surface area (Å²) >= 11 is 0. The van der Waals surface area contributed by atoms with Gasteiger partial charge in [0.1, 0.15) is 16.9 Å². The number of hydrogen-bond acceptors (Lipinski definition) is 5. The van der Waals surface area contributed by atoms with Crippen LogP contribution in [-0.2, 0) is 0 Å². The van der Waals surface area contributed by atoms with Gasteiger partial charge in [0, 0.05) is 42.6 Å². The predicted octanol–water partition coefficient (Wildman–Crippen LogP) is 5.36. The molecule has 1 aromatic heterocycles. The van der Waals surface area contributed by atoms with E-state index in [0.29, 0.717) is 24.3 Å². The third-order valence-electron chi connectivity index (χ3n) is 8.17. The Morgan fingerprint density at radius 1 is 1.18 bits per heavy atom. The molecule has 3 heterocycles. The number of piperidine rings is 1. The van der Waals surface area contributed by atoms with Gasteiger partial charge in [-0.1, -0.05) is 20.3 Å². The standard InChI is InChI=1S/C28H40N2O4/c1-18-14-19(2)17-30(16-18)13-7-12-29-27(32)26-20(3)24-22(33-26)8-9-23-25(24)21(31)15-28(34-23)10-5-4-6-11-28/h8-9,18-19,21,31H,4-7,10-17H2,1-3H3,(H,29,32).